The largest absolute Gasteiger partial charge is 0.390 e. The van der Waals surface area contributed by atoms with Gasteiger partial charge in [-0.3, -0.25) is 0 Å². The average Bonchev–Trinajstić information content (AvgIpc) is 2.05. The molecule has 0 aliphatic carbocycles. The number of rotatable bonds is 3. The molecule has 70 valence electrons. The maximum absolute atomic E-state index is 9.58. The number of aliphatic hydroxyl groups excluding tert-OH is 1. The van der Waals surface area contributed by atoms with Crippen LogP contribution in [0.2, 0.25) is 0 Å². The summed E-state index contributed by atoms with van der Waals surface area (Å²) >= 11 is 0. The standard InChI is InChI=1S/C9H16O3/c1-7(2)5-8(10)9-6-11-3-4-12-9/h8-10H,1,3-6H2,2H3. The third-order valence-corrected chi connectivity index (χ3v) is 1.83. The van der Waals surface area contributed by atoms with E-state index in [0.29, 0.717) is 26.2 Å². The van der Waals surface area contributed by atoms with E-state index in [0.717, 1.165) is 5.57 Å². The molecule has 0 aromatic heterocycles. The number of ether oxygens (including phenoxy) is 2. The maximum Gasteiger partial charge on any atom is 0.107 e. The fourth-order valence-corrected chi connectivity index (χ4v) is 1.22. The SMILES string of the molecule is C=C(C)CC(O)C1COCCO1. The Morgan fingerprint density at radius 1 is 1.67 bits per heavy atom. The van der Waals surface area contributed by atoms with E-state index in [1.165, 1.54) is 0 Å². The van der Waals surface area contributed by atoms with Crippen LogP contribution in [0, 0.1) is 0 Å². The van der Waals surface area contributed by atoms with Crippen LogP contribution in [0.15, 0.2) is 12.2 Å². The summed E-state index contributed by atoms with van der Waals surface area (Å²) in [4.78, 5) is 0. The van der Waals surface area contributed by atoms with Gasteiger partial charge in [0.2, 0.25) is 0 Å². The fraction of sp³-hybridized carbons (Fsp3) is 0.778. The lowest BCUT2D eigenvalue weighted by Gasteiger charge is -2.27. The Labute approximate surface area is 73.0 Å². The number of aliphatic hydroxyl groups is 1. The first-order chi connectivity index (χ1) is 5.70. The lowest BCUT2D eigenvalue weighted by Crippen LogP contribution is -2.38. The summed E-state index contributed by atoms with van der Waals surface area (Å²) in [7, 11) is 0. The van der Waals surface area contributed by atoms with Crippen LogP contribution in [0.3, 0.4) is 0 Å². The van der Waals surface area contributed by atoms with Crippen LogP contribution in [0.4, 0.5) is 0 Å². The zero-order chi connectivity index (χ0) is 8.97. The Kier molecular flexibility index (Phi) is 3.72. The molecule has 0 aromatic carbocycles. The van der Waals surface area contributed by atoms with Crippen molar-refractivity contribution in [1.82, 2.24) is 0 Å². The summed E-state index contributed by atoms with van der Waals surface area (Å²) in [5.74, 6) is 0. The third kappa shape index (κ3) is 2.93. The maximum atomic E-state index is 9.58. The minimum Gasteiger partial charge on any atom is -0.390 e. The zero-order valence-electron chi connectivity index (χ0n) is 7.45. The van der Waals surface area contributed by atoms with Gasteiger partial charge in [-0.25, -0.2) is 0 Å². The molecule has 2 atom stereocenters. The van der Waals surface area contributed by atoms with E-state index in [9.17, 15) is 5.11 Å². The molecule has 0 bridgehead atoms. The molecular formula is C9H16O3. The van der Waals surface area contributed by atoms with E-state index in [1.807, 2.05) is 6.92 Å². The Morgan fingerprint density at radius 3 is 2.92 bits per heavy atom. The molecule has 0 aromatic rings. The molecule has 1 heterocycles. The van der Waals surface area contributed by atoms with Gasteiger partial charge in [-0.1, -0.05) is 5.57 Å². The summed E-state index contributed by atoms with van der Waals surface area (Å²) in [5, 5.41) is 9.58. The summed E-state index contributed by atoms with van der Waals surface area (Å²) in [6.45, 7) is 7.34. The molecule has 1 aliphatic rings. The first-order valence-corrected chi connectivity index (χ1v) is 4.22. The Morgan fingerprint density at radius 2 is 2.42 bits per heavy atom. The van der Waals surface area contributed by atoms with Gasteiger partial charge < -0.3 is 14.6 Å². The summed E-state index contributed by atoms with van der Waals surface area (Å²) in [6, 6.07) is 0. The molecule has 2 unspecified atom stereocenters. The van der Waals surface area contributed by atoms with E-state index in [2.05, 4.69) is 6.58 Å². The topological polar surface area (TPSA) is 38.7 Å². The van der Waals surface area contributed by atoms with Crippen LogP contribution < -0.4 is 0 Å². The lowest BCUT2D eigenvalue weighted by molar-refractivity contribution is -0.131. The van der Waals surface area contributed by atoms with Crippen LogP contribution in [0.5, 0.6) is 0 Å². The van der Waals surface area contributed by atoms with Crippen molar-refractivity contribution in [2.24, 2.45) is 0 Å². The van der Waals surface area contributed by atoms with Crippen molar-refractivity contribution in [2.45, 2.75) is 25.6 Å². The molecule has 1 saturated heterocycles. The van der Waals surface area contributed by atoms with Gasteiger partial charge in [0.15, 0.2) is 0 Å². The van der Waals surface area contributed by atoms with Gasteiger partial charge in [-0.2, -0.15) is 0 Å². The summed E-state index contributed by atoms with van der Waals surface area (Å²) in [6.07, 6.45) is -0.0492. The predicted molar refractivity (Wildman–Crippen MR) is 46.0 cm³/mol. The van der Waals surface area contributed by atoms with E-state index in [1.54, 1.807) is 0 Å². The van der Waals surface area contributed by atoms with Crippen molar-refractivity contribution in [2.75, 3.05) is 19.8 Å². The Bertz CT molecular complexity index is 150. The second-order valence-corrected chi connectivity index (χ2v) is 3.21. The van der Waals surface area contributed by atoms with Crippen molar-refractivity contribution in [3.8, 4) is 0 Å². The summed E-state index contributed by atoms with van der Waals surface area (Å²) in [5.41, 5.74) is 0.969. The molecule has 12 heavy (non-hydrogen) atoms. The number of hydrogen-bond donors (Lipinski definition) is 1. The second-order valence-electron chi connectivity index (χ2n) is 3.21. The molecule has 1 rings (SSSR count). The molecule has 0 radical (unpaired) electrons. The fourth-order valence-electron chi connectivity index (χ4n) is 1.22. The Hall–Kier alpha value is -0.380. The quantitative estimate of drug-likeness (QED) is 0.638. The molecule has 1 aliphatic heterocycles. The molecular weight excluding hydrogens is 156 g/mol. The Balaban J connectivity index is 2.29. The van der Waals surface area contributed by atoms with E-state index in [-0.39, 0.29) is 6.10 Å². The smallest absolute Gasteiger partial charge is 0.107 e. The van der Waals surface area contributed by atoms with Gasteiger partial charge in [-0.05, 0) is 13.3 Å². The first-order valence-electron chi connectivity index (χ1n) is 4.22. The van der Waals surface area contributed by atoms with Crippen LogP contribution in [-0.4, -0.2) is 37.1 Å². The van der Waals surface area contributed by atoms with Crippen LogP contribution in [-0.2, 0) is 9.47 Å². The first kappa shape index (κ1) is 9.71. The van der Waals surface area contributed by atoms with Gasteiger partial charge in [0.05, 0.1) is 25.9 Å². The van der Waals surface area contributed by atoms with Crippen molar-refractivity contribution >= 4 is 0 Å². The highest BCUT2D eigenvalue weighted by atomic mass is 16.6. The van der Waals surface area contributed by atoms with Crippen LogP contribution in [0.1, 0.15) is 13.3 Å². The average molecular weight is 172 g/mol. The van der Waals surface area contributed by atoms with Gasteiger partial charge in [0.1, 0.15) is 6.10 Å². The van der Waals surface area contributed by atoms with E-state index >= 15 is 0 Å². The predicted octanol–water partition coefficient (Wildman–Crippen LogP) is 0.729. The van der Waals surface area contributed by atoms with Crippen molar-refractivity contribution in [1.29, 1.82) is 0 Å². The highest BCUT2D eigenvalue weighted by Crippen LogP contribution is 2.12. The second kappa shape index (κ2) is 4.60. The van der Waals surface area contributed by atoms with Gasteiger partial charge >= 0.3 is 0 Å². The molecule has 0 amide bonds. The minimum absolute atomic E-state index is 0.171. The number of hydrogen-bond acceptors (Lipinski definition) is 3. The summed E-state index contributed by atoms with van der Waals surface area (Å²) < 4.78 is 10.5. The normalized spacial score (nSPS) is 26.7. The highest BCUT2D eigenvalue weighted by Gasteiger charge is 2.22. The van der Waals surface area contributed by atoms with E-state index in [4.69, 9.17) is 9.47 Å². The molecule has 1 N–H and O–H groups in total. The van der Waals surface area contributed by atoms with Crippen LogP contribution in [0.25, 0.3) is 0 Å². The van der Waals surface area contributed by atoms with Crippen molar-refractivity contribution in [3.05, 3.63) is 12.2 Å². The highest BCUT2D eigenvalue weighted by molar-refractivity contribution is 4.92. The monoisotopic (exact) mass is 172 g/mol. The zero-order valence-corrected chi connectivity index (χ0v) is 7.45. The van der Waals surface area contributed by atoms with Gasteiger partial charge in [0, 0.05) is 0 Å². The molecule has 3 nitrogen and oxygen atoms in total. The van der Waals surface area contributed by atoms with E-state index < -0.39 is 6.10 Å². The molecule has 0 saturated carbocycles. The molecule has 0 spiro atoms. The molecule has 3 heteroatoms. The van der Waals surface area contributed by atoms with Crippen molar-refractivity contribution in [3.63, 3.8) is 0 Å². The minimum atomic E-state index is -0.470. The molecule has 1 fully saturated rings. The van der Waals surface area contributed by atoms with Gasteiger partial charge in [-0.15, -0.1) is 6.58 Å². The third-order valence-electron chi connectivity index (χ3n) is 1.83. The lowest BCUT2D eigenvalue weighted by atomic mass is 10.1. The van der Waals surface area contributed by atoms with Crippen molar-refractivity contribution < 1.29 is 14.6 Å². The van der Waals surface area contributed by atoms with Gasteiger partial charge in [0.25, 0.3) is 0 Å². The van der Waals surface area contributed by atoms with Crippen LogP contribution >= 0.6 is 0 Å².